The average Bonchev–Trinajstić information content (AvgIpc) is 3.50. The van der Waals surface area contributed by atoms with Gasteiger partial charge in [-0.3, -0.25) is 9.69 Å². The van der Waals surface area contributed by atoms with Gasteiger partial charge in [0.05, 0.1) is 35.6 Å². The second kappa shape index (κ2) is 9.08. The molecule has 194 valence electrons. The summed E-state index contributed by atoms with van der Waals surface area (Å²) in [6, 6.07) is 5.92. The molecule has 3 atom stereocenters. The quantitative estimate of drug-likeness (QED) is 0.618. The predicted molar refractivity (Wildman–Crippen MR) is 138 cm³/mol. The molecule has 1 aromatic heterocycles. The summed E-state index contributed by atoms with van der Waals surface area (Å²) in [6.45, 7) is 8.32. The molecule has 6 rings (SSSR count). The molecule has 0 unspecified atom stereocenters. The molecule has 3 heterocycles. The van der Waals surface area contributed by atoms with Gasteiger partial charge in [0.1, 0.15) is 12.0 Å². The van der Waals surface area contributed by atoms with Crippen LogP contribution in [0.15, 0.2) is 24.4 Å². The van der Waals surface area contributed by atoms with E-state index in [-0.39, 0.29) is 23.8 Å². The van der Waals surface area contributed by atoms with Crippen LogP contribution in [0.3, 0.4) is 0 Å². The summed E-state index contributed by atoms with van der Waals surface area (Å²) in [7, 11) is 0. The number of anilines is 2. The molecule has 0 bridgehead atoms. The Bertz CT molecular complexity index is 1170. The summed E-state index contributed by atoms with van der Waals surface area (Å²) in [6.07, 6.45) is 4.02. The maximum atomic E-state index is 14.5. The van der Waals surface area contributed by atoms with Gasteiger partial charge >= 0.3 is 0 Å². The minimum absolute atomic E-state index is 0.0534. The van der Waals surface area contributed by atoms with Gasteiger partial charge in [0.2, 0.25) is 5.91 Å². The standard InChI is InChI=1S/C27H34ClFN4O3/c1-3-36-19-11-27(12-19)13-20(27)25(34)31-24-10-17-9-22(21(28)8-18(17)14-30-24)32-4-6-33(7-5-32)26(2)16-35-15-23(26)29/h8-10,14,19-20,23H,3-7,11-13,15-16H2,1-2H3,(H,30,31,34)/t19?,20-,23-,26+,27?/m1/s1. The number of piperazine rings is 1. The third kappa shape index (κ3) is 4.16. The fourth-order valence-corrected chi connectivity index (χ4v) is 6.73. The number of nitrogens with one attached hydrogen (secondary N) is 1. The Hall–Kier alpha value is -2.00. The molecule has 1 aromatic carbocycles. The minimum Gasteiger partial charge on any atom is -0.378 e. The molecule has 2 saturated heterocycles. The van der Waals surface area contributed by atoms with Crippen molar-refractivity contribution in [2.24, 2.45) is 11.3 Å². The molecule has 1 N–H and O–H groups in total. The lowest BCUT2D eigenvalue weighted by Gasteiger charge is -2.44. The van der Waals surface area contributed by atoms with Crippen molar-refractivity contribution in [1.82, 2.24) is 9.88 Å². The number of alkyl halides is 1. The lowest BCUT2D eigenvalue weighted by molar-refractivity contribution is -0.120. The molecule has 2 aliphatic carbocycles. The smallest absolute Gasteiger partial charge is 0.229 e. The fourth-order valence-electron chi connectivity index (χ4n) is 6.43. The van der Waals surface area contributed by atoms with E-state index in [1.807, 2.05) is 26.0 Å². The van der Waals surface area contributed by atoms with Crippen molar-refractivity contribution < 1.29 is 18.7 Å². The molecule has 0 radical (unpaired) electrons. The number of nitrogens with zero attached hydrogens (tertiary/aromatic N) is 3. The van der Waals surface area contributed by atoms with E-state index in [0.717, 1.165) is 68.5 Å². The molecule has 2 aliphatic heterocycles. The van der Waals surface area contributed by atoms with Crippen LogP contribution < -0.4 is 10.2 Å². The number of pyridine rings is 1. The molecule has 1 amide bonds. The Labute approximate surface area is 216 Å². The van der Waals surface area contributed by atoms with E-state index in [4.69, 9.17) is 21.1 Å². The zero-order valence-corrected chi connectivity index (χ0v) is 21.7. The largest absolute Gasteiger partial charge is 0.378 e. The highest BCUT2D eigenvalue weighted by atomic mass is 35.5. The number of ether oxygens (including phenoxy) is 2. The first-order valence-electron chi connectivity index (χ1n) is 13.0. The number of carbonyl (C=O) groups is 1. The zero-order valence-electron chi connectivity index (χ0n) is 20.9. The number of rotatable bonds is 6. The van der Waals surface area contributed by atoms with E-state index >= 15 is 0 Å². The lowest BCUT2D eigenvalue weighted by Crippen LogP contribution is -2.59. The number of benzene rings is 1. The van der Waals surface area contributed by atoms with Gasteiger partial charge in [-0.2, -0.15) is 0 Å². The van der Waals surface area contributed by atoms with Crippen molar-refractivity contribution in [2.45, 2.75) is 50.9 Å². The second-order valence-electron chi connectivity index (χ2n) is 11.1. The maximum absolute atomic E-state index is 14.5. The van der Waals surface area contributed by atoms with Crippen molar-refractivity contribution in [3.05, 3.63) is 29.4 Å². The molecule has 4 aliphatic rings. The number of halogens is 2. The van der Waals surface area contributed by atoms with Gasteiger partial charge in [-0.05, 0) is 62.1 Å². The van der Waals surface area contributed by atoms with Gasteiger partial charge in [-0.1, -0.05) is 11.6 Å². The number of hydrogen-bond donors (Lipinski definition) is 1. The predicted octanol–water partition coefficient (Wildman–Crippen LogP) is 4.28. The van der Waals surface area contributed by atoms with E-state index in [2.05, 4.69) is 26.2 Å². The average molecular weight is 517 g/mol. The molecule has 1 spiro atoms. The maximum Gasteiger partial charge on any atom is 0.229 e. The van der Waals surface area contributed by atoms with E-state index < -0.39 is 11.7 Å². The van der Waals surface area contributed by atoms with Crippen molar-refractivity contribution in [3.8, 4) is 0 Å². The lowest BCUT2D eigenvalue weighted by atomic mass is 9.77. The normalized spacial score (nSPS) is 34.2. The third-order valence-electron chi connectivity index (χ3n) is 8.89. The van der Waals surface area contributed by atoms with Crippen LogP contribution in [0.4, 0.5) is 15.9 Å². The monoisotopic (exact) mass is 516 g/mol. The molecule has 7 nitrogen and oxygen atoms in total. The first kappa shape index (κ1) is 24.3. The van der Waals surface area contributed by atoms with Crippen molar-refractivity contribution >= 4 is 39.8 Å². The molecule has 4 fully saturated rings. The van der Waals surface area contributed by atoms with Crippen molar-refractivity contribution in [1.29, 1.82) is 0 Å². The van der Waals surface area contributed by atoms with E-state index in [1.54, 1.807) is 6.20 Å². The highest BCUT2D eigenvalue weighted by molar-refractivity contribution is 6.34. The van der Waals surface area contributed by atoms with Crippen LogP contribution in [0, 0.1) is 11.3 Å². The molecule has 36 heavy (non-hydrogen) atoms. The van der Waals surface area contributed by atoms with E-state index in [1.165, 1.54) is 0 Å². The molecule has 9 heteroatoms. The Balaban J connectivity index is 1.12. The van der Waals surface area contributed by atoms with Gasteiger partial charge in [0.15, 0.2) is 0 Å². The fraction of sp³-hybridized carbons (Fsp3) is 0.630. The third-order valence-corrected chi connectivity index (χ3v) is 9.19. The second-order valence-corrected chi connectivity index (χ2v) is 11.5. The highest BCUT2D eigenvalue weighted by Crippen LogP contribution is 2.66. The summed E-state index contributed by atoms with van der Waals surface area (Å²) < 4.78 is 25.5. The van der Waals surface area contributed by atoms with Crippen LogP contribution in [0.5, 0.6) is 0 Å². The number of carbonyl (C=O) groups excluding carboxylic acids is 1. The van der Waals surface area contributed by atoms with Crippen LogP contribution in [-0.2, 0) is 14.3 Å². The summed E-state index contributed by atoms with van der Waals surface area (Å²) in [5.74, 6) is 0.675. The number of hydrogen-bond acceptors (Lipinski definition) is 6. The van der Waals surface area contributed by atoms with Gasteiger partial charge < -0.3 is 19.7 Å². The van der Waals surface area contributed by atoms with E-state index in [9.17, 15) is 9.18 Å². The van der Waals surface area contributed by atoms with Gasteiger partial charge in [-0.15, -0.1) is 0 Å². The topological polar surface area (TPSA) is 66.9 Å². The van der Waals surface area contributed by atoms with Gasteiger partial charge in [0.25, 0.3) is 0 Å². The first-order chi connectivity index (χ1) is 17.3. The van der Waals surface area contributed by atoms with Crippen LogP contribution in [0.1, 0.15) is 33.1 Å². The Morgan fingerprint density at radius 2 is 2.00 bits per heavy atom. The van der Waals surface area contributed by atoms with Crippen LogP contribution in [0.2, 0.25) is 5.02 Å². The molecule has 2 saturated carbocycles. The van der Waals surface area contributed by atoms with Gasteiger partial charge in [-0.25, -0.2) is 9.37 Å². The highest BCUT2D eigenvalue weighted by Gasteiger charge is 2.64. The summed E-state index contributed by atoms with van der Waals surface area (Å²) >= 11 is 6.67. The van der Waals surface area contributed by atoms with Crippen molar-refractivity contribution in [3.63, 3.8) is 0 Å². The zero-order chi connectivity index (χ0) is 25.1. The molecule has 2 aromatic rings. The Kier molecular flexibility index (Phi) is 6.14. The van der Waals surface area contributed by atoms with Crippen LogP contribution in [-0.4, -0.2) is 79.6 Å². The van der Waals surface area contributed by atoms with Crippen LogP contribution in [0.25, 0.3) is 10.8 Å². The van der Waals surface area contributed by atoms with Crippen LogP contribution >= 0.6 is 11.6 Å². The molecular weight excluding hydrogens is 483 g/mol. The SMILES string of the molecule is CCOC1CC2(C1)C[C@@H]2C(=O)Nc1cc2cc(N3CCN([C@@]4(C)COC[C@H]4F)CC3)c(Cl)cc2cn1. The summed E-state index contributed by atoms with van der Waals surface area (Å²) in [5.41, 5.74) is 0.546. The minimum atomic E-state index is -0.963. The number of amides is 1. The number of fused-ring (bicyclic) bond motifs is 1. The van der Waals surface area contributed by atoms with Crippen molar-refractivity contribution in [2.75, 3.05) is 56.2 Å². The summed E-state index contributed by atoms with van der Waals surface area (Å²) in [5, 5.41) is 5.61. The van der Waals surface area contributed by atoms with E-state index in [0.29, 0.717) is 23.6 Å². The van der Waals surface area contributed by atoms with Gasteiger partial charge in [0, 0.05) is 50.3 Å². The molecular formula is C27H34ClFN4O3. The first-order valence-corrected chi connectivity index (χ1v) is 13.4. The Morgan fingerprint density at radius 1 is 1.22 bits per heavy atom. The summed E-state index contributed by atoms with van der Waals surface area (Å²) in [4.78, 5) is 21.8. The number of aromatic nitrogens is 1. The Morgan fingerprint density at radius 3 is 2.69 bits per heavy atom.